The van der Waals surface area contributed by atoms with Gasteiger partial charge in [-0.3, -0.25) is 0 Å². The highest BCUT2D eigenvalue weighted by Gasteiger charge is 2.12. The fourth-order valence-corrected chi connectivity index (χ4v) is 2.77. The molecule has 0 spiro atoms. The third-order valence-corrected chi connectivity index (χ3v) is 3.99. The molecule has 2 heteroatoms. The zero-order valence-electron chi connectivity index (χ0n) is 10.6. The van der Waals surface area contributed by atoms with Gasteiger partial charge in [-0.2, -0.15) is 0 Å². The lowest BCUT2D eigenvalue weighted by molar-refractivity contribution is 0.265. The van der Waals surface area contributed by atoms with Gasteiger partial charge in [0.05, 0.1) is 6.10 Å². The molecule has 0 radical (unpaired) electrons. The van der Waals surface area contributed by atoms with Gasteiger partial charge in [-0.15, -0.1) is 0 Å². The van der Waals surface area contributed by atoms with Gasteiger partial charge in [0.2, 0.25) is 0 Å². The van der Waals surface area contributed by atoms with Gasteiger partial charge in [0, 0.05) is 0 Å². The molecule has 18 heavy (non-hydrogen) atoms. The van der Waals surface area contributed by atoms with Crippen molar-refractivity contribution in [3.63, 3.8) is 0 Å². The first-order valence-corrected chi connectivity index (χ1v) is 7.64. The zero-order chi connectivity index (χ0) is 12.6. The van der Waals surface area contributed by atoms with Gasteiger partial charge in [0.15, 0.2) is 9.76 Å². The van der Waals surface area contributed by atoms with Gasteiger partial charge in [-0.25, -0.2) is 0 Å². The maximum absolute atomic E-state index is 6.11. The Hall–Kier alpha value is -1.64. The van der Waals surface area contributed by atoms with Crippen LogP contribution in [-0.2, 0) is 4.43 Å². The van der Waals surface area contributed by atoms with Gasteiger partial charge in [-0.1, -0.05) is 72.4 Å². The number of allylic oxidation sites excluding steroid dienone is 1. The molecule has 0 heterocycles. The summed E-state index contributed by atoms with van der Waals surface area (Å²) in [5, 5.41) is 0. The average molecular weight is 254 g/mol. The molecule has 2 aromatic rings. The molecule has 0 bridgehead atoms. The van der Waals surface area contributed by atoms with Crippen molar-refractivity contribution in [1.82, 2.24) is 0 Å². The third-order valence-electron chi connectivity index (χ3n) is 2.80. The number of benzene rings is 2. The minimum absolute atomic E-state index is 0.0651. The van der Waals surface area contributed by atoms with E-state index in [1.807, 2.05) is 19.1 Å². The van der Waals surface area contributed by atoms with Crippen molar-refractivity contribution in [3.05, 3.63) is 83.6 Å². The molecule has 0 aliphatic rings. The lowest BCUT2D eigenvalue weighted by atomic mass is 10.0. The Kier molecular flexibility index (Phi) is 4.94. The van der Waals surface area contributed by atoms with Crippen LogP contribution < -0.4 is 0 Å². The maximum atomic E-state index is 6.11. The molecule has 0 aliphatic heterocycles. The molecule has 0 fully saturated rings. The fourth-order valence-electron chi connectivity index (χ4n) is 1.89. The molecule has 2 aromatic carbocycles. The SMILES string of the molecule is CC=C[SiH2]OC(c1ccccc1)c1ccccc1. The van der Waals surface area contributed by atoms with Gasteiger partial charge in [0.1, 0.15) is 0 Å². The zero-order valence-corrected chi connectivity index (χ0v) is 12.0. The van der Waals surface area contributed by atoms with Crippen molar-refractivity contribution < 1.29 is 4.43 Å². The summed E-state index contributed by atoms with van der Waals surface area (Å²) >= 11 is 0. The highest BCUT2D eigenvalue weighted by molar-refractivity contribution is 6.34. The predicted octanol–water partition coefficient (Wildman–Crippen LogP) is 3.41. The van der Waals surface area contributed by atoms with Crippen LogP contribution in [-0.4, -0.2) is 9.76 Å². The summed E-state index contributed by atoms with van der Waals surface area (Å²) in [7, 11) is -0.604. The van der Waals surface area contributed by atoms with E-state index in [1.165, 1.54) is 11.1 Å². The van der Waals surface area contributed by atoms with Crippen molar-refractivity contribution in [2.24, 2.45) is 0 Å². The average Bonchev–Trinajstić information content (AvgIpc) is 2.46. The molecule has 0 unspecified atom stereocenters. The molecule has 92 valence electrons. The predicted molar refractivity (Wildman–Crippen MR) is 79.2 cm³/mol. The Morgan fingerprint density at radius 2 is 1.39 bits per heavy atom. The van der Waals surface area contributed by atoms with Crippen LogP contribution >= 0.6 is 0 Å². The molecular weight excluding hydrogens is 236 g/mol. The fraction of sp³-hybridized carbons (Fsp3) is 0.125. The summed E-state index contributed by atoms with van der Waals surface area (Å²) in [5.74, 6) is 0. The van der Waals surface area contributed by atoms with E-state index in [-0.39, 0.29) is 6.10 Å². The highest BCUT2D eigenvalue weighted by Crippen LogP contribution is 2.25. The van der Waals surface area contributed by atoms with Crippen molar-refractivity contribution in [3.8, 4) is 0 Å². The lowest BCUT2D eigenvalue weighted by Gasteiger charge is -2.18. The first kappa shape index (κ1) is 12.8. The quantitative estimate of drug-likeness (QED) is 0.743. The minimum Gasteiger partial charge on any atom is -0.408 e. The molecular formula is C16H18OSi. The molecule has 1 nitrogen and oxygen atoms in total. The molecule has 0 saturated carbocycles. The second-order valence-electron chi connectivity index (χ2n) is 4.10. The molecule has 0 aliphatic carbocycles. The lowest BCUT2D eigenvalue weighted by Crippen LogP contribution is -2.08. The Bertz CT molecular complexity index is 439. The monoisotopic (exact) mass is 254 g/mol. The van der Waals surface area contributed by atoms with E-state index in [2.05, 4.69) is 60.3 Å². The Labute approximate surface area is 111 Å². The minimum atomic E-state index is -0.604. The van der Waals surface area contributed by atoms with Crippen LogP contribution in [0.25, 0.3) is 0 Å². The summed E-state index contributed by atoms with van der Waals surface area (Å²) in [6.45, 7) is 2.04. The second kappa shape index (κ2) is 6.94. The van der Waals surface area contributed by atoms with Gasteiger partial charge in [0.25, 0.3) is 0 Å². The standard InChI is InChI=1S/C16H18OSi/c1-2-13-18-17-16(14-9-5-3-6-10-14)15-11-7-4-8-12-15/h2-13,16H,18H2,1H3. The van der Waals surface area contributed by atoms with E-state index >= 15 is 0 Å². The number of rotatable bonds is 5. The first-order valence-electron chi connectivity index (χ1n) is 6.24. The molecule has 0 saturated heterocycles. The Balaban J connectivity index is 2.23. The van der Waals surface area contributed by atoms with E-state index < -0.39 is 9.76 Å². The van der Waals surface area contributed by atoms with Crippen molar-refractivity contribution in [2.45, 2.75) is 13.0 Å². The van der Waals surface area contributed by atoms with Crippen LogP contribution in [0.15, 0.2) is 72.4 Å². The van der Waals surface area contributed by atoms with Crippen LogP contribution in [0, 0.1) is 0 Å². The number of hydrogen-bond donors (Lipinski definition) is 0. The smallest absolute Gasteiger partial charge is 0.186 e. The molecule has 0 atom stereocenters. The Morgan fingerprint density at radius 1 is 0.889 bits per heavy atom. The molecule has 2 rings (SSSR count). The van der Waals surface area contributed by atoms with Crippen LogP contribution in [0.4, 0.5) is 0 Å². The summed E-state index contributed by atoms with van der Waals surface area (Å²) in [5.41, 5.74) is 4.61. The largest absolute Gasteiger partial charge is 0.408 e. The third kappa shape index (κ3) is 3.42. The Morgan fingerprint density at radius 3 is 1.83 bits per heavy atom. The summed E-state index contributed by atoms with van der Waals surface area (Å²) in [4.78, 5) is 0. The summed E-state index contributed by atoms with van der Waals surface area (Å²) in [6, 6.07) is 20.8. The van der Waals surface area contributed by atoms with E-state index in [0.29, 0.717) is 0 Å². The van der Waals surface area contributed by atoms with E-state index in [1.54, 1.807) is 0 Å². The van der Waals surface area contributed by atoms with Crippen molar-refractivity contribution >= 4 is 9.76 Å². The van der Waals surface area contributed by atoms with Crippen molar-refractivity contribution in [2.75, 3.05) is 0 Å². The molecule has 0 aromatic heterocycles. The van der Waals surface area contributed by atoms with Gasteiger partial charge >= 0.3 is 0 Å². The summed E-state index contributed by atoms with van der Waals surface area (Å²) < 4.78 is 6.11. The van der Waals surface area contributed by atoms with Crippen LogP contribution in [0.5, 0.6) is 0 Å². The van der Waals surface area contributed by atoms with Crippen molar-refractivity contribution in [1.29, 1.82) is 0 Å². The second-order valence-corrected chi connectivity index (χ2v) is 5.24. The maximum Gasteiger partial charge on any atom is 0.186 e. The van der Waals surface area contributed by atoms with E-state index in [0.717, 1.165) is 0 Å². The highest BCUT2D eigenvalue weighted by atomic mass is 28.2. The van der Waals surface area contributed by atoms with Crippen LogP contribution in [0.3, 0.4) is 0 Å². The van der Waals surface area contributed by atoms with Gasteiger partial charge < -0.3 is 4.43 Å². The number of hydrogen-bond acceptors (Lipinski definition) is 1. The normalized spacial score (nSPS) is 11.9. The molecule has 0 amide bonds. The topological polar surface area (TPSA) is 9.23 Å². The van der Waals surface area contributed by atoms with E-state index in [4.69, 9.17) is 4.43 Å². The van der Waals surface area contributed by atoms with E-state index in [9.17, 15) is 0 Å². The first-order chi connectivity index (χ1) is 8.92. The summed E-state index contributed by atoms with van der Waals surface area (Å²) in [6.07, 6.45) is 2.13. The molecule has 0 N–H and O–H groups in total. The van der Waals surface area contributed by atoms with Gasteiger partial charge in [-0.05, 0) is 18.1 Å². The van der Waals surface area contributed by atoms with Crippen LogP contribution in [0.1, 0.15) is 24.2 Å². The van der Waals surface area contributed by atoms with Crippen LogP contribution in [0.2, 0.25) is 0 Å².